The van der Waals surface area contributed by atoms with Crippen LogP contribution in [-0.2, 0) is 10.8 Å². The average Bonchev–Trinajstić information content (AvgIpc) is 1.19. The molecule has 5 nitrogen and oxygen atoms in total. The molecule has 0 saturated heterocycles. The lowest BCUT2D eigenvalue weighted by Crippen LogP contribution is -2.48. The van der Waals surface area contributed by atoms with Crippen LogP contribution in [0.5, 0.6) is 0 Å². The van der Waals surface area contributed by atoms with E-state index in [0.717, 1.165) is 126 Å². The summed E-state index contributed by atoms with van der Waals surface area (Å²) in [6, 6.07) is 172. The molecule has 19 aromatic carbocycles. The molecule has 0 spiro atoms. The fraction of sp³-hybridized carbons (Fsp3) is 0.168. The monoisotopic (exact) mass is 1830 g/mol. The van der Waals surface area contributed by atoms with Gasteiger partial charge in [0.1, 0.15) is 11.2 Å². The summed E-state index contributed by atoms with van der Waals surface area (Å²) < 4.78 is 6.37. The van der Waals surface area contributed by atoms with Crippen LogP contribution in [0.25, 0.3) is 111 Å². The molecule has 0 atom stereocenters. The Labute approximate surface area is 836 Å². The van der Waals surface area contributed by atoms with E-state index in [-0.39, 0.29) is 0 Å². The van der Waals surface area contributed by atoms with Crippen LogP contribution in [0.3, 0.4) is 0 Å². The maximum absolute atomic E-state index is 6.37. The van der Waals surface area contributed by atoms with Crippen molar-refractivity contribution in [1.82, 2.24) is 0 Å². The van der Waals surface area contributed by atoms with E-state index < -0.39 is 0 Å². The van der Waals surface area contributed by atoms with Gasteiger partial charge in [-0.2, -0.15) is 0 Å². The lowest BCUT2D eigenvalue weighted by molar-refractivity contribution is -0.00530. The highest BCUT2D eigenvalue weighted by Crippen LogP contribution is 2.63. The van der Waals surface area contributed by atoms with Crippen molar-refractivity contribution in [1.29, 1.82) is 0 Å². The third kappa shape index (κ3) is 17.3. The summed E-state index contributed by atoms with van der Waals surface area (Å²) in [4.78, 5) is 9.42. The minimum absolute atomic E-state index is 0.416. The van der Waals surface area contributed by atoms with Crippen molar-refractivity contribution in [2.24, 2.45) is 35.5 Å². The third-order valence-corrected chi connectivity index (χ3v) is 32.6. The van der Waals surface area contributed by atoms with E-state index in [1.54, 1.807) is 11.1 Å². The van der Waals surface area contributed by atoms with Crippen molar-refractivity contribution in [2.45, 2.75) is 109 Å². The average molecular weight is 1830 g/mol. The molecule has 0 N–H and O–H groups in total. The van der Waals surface area contributed by atoms with Crippen LogP contribution in [0.1, 0.15) is 105 Å². The standard InChI is InChI=1S/C73H62N2O.C64H54N2/c1-48-13-29-63(30-14-48)75(66-35-36-68-67-11-7-8-12-71(67)76-72(68)44-66)70-38-26-61(40-50(70)3)59-17-15-58(16-18-59)60-25-37-69(49(2)39-60)74(64-31-21-56(22-32-64)54-9-5-4-6-10-54)65-33-23-57(24-34-65)55-19-27-62(28-20-55)73-45-51-41-52(46-73)43-53(42-51)47-73;1-4-10-49(11-5-1)53-22-32-61(33-23-53)66(63-38-28-56(29-39-63)55-26-34-60(35-27-55)65(58-12-6-2-7-13-58)59-14-8-3-9-15-59)62-36-24-54(25-37-62)51-18-16-50(17-19-51)52-20-30-57(31-21-52)64-43-46-40-47(44-64)42-48(41-46)45-64/h4-40,44,51-53H,41-43,45-47H2,1-3H3;1-39,46-48H,40-45H2. The Balaban J connectivity index is 0.000000151. The molecular formula is C137H116N4O. The topological polar surface area (TPSA) is 26.1 Å². The zero-order chi connectivity index (χ0) is 94.8. The van der Waals surface area contributed by atoms with Gasteiger partial charge in [-0.05, 0) is 407 Å². The van der Waals surface area contributed by atoms with E-state index in [0.29, 0.717) is 10.8 Å². The first-order valence-corrected chi connectivity index (χ1v) is 51.5. The fourth-order valence-electron chi connectivity index (χ4n) is 26.4. The van der Waals surface area contributed by atoms with Gasteiger partial charge in [-0.25, -0.2) is 0 Å². The number of para-hydroxylation sites is 3. The number of anilines is 12. The van der Waals surface area contributed by atoms with Gasteiger partial charge < -0.3 is 24.0 Å². The molecular weight excluding hydrogens is 1720 g/mol. The van der Waals surface area contributed by atoms with Crippen molar-refractivity contribution in [3.05, 3.63) is 495 Å². The smallest absolute Gasteiger partial charge is 0.137 e. The van der Waals surface area contributed by atoms with Crippen LogP contribution in [0.15, 0.2) is 472 Å². The highest BCUT2D eigenvalue weighted by atomic mass is 16.3. The highest BCUT2D eigenvalue weighted by molar-refractivity contribution is 6.06. The van der Waals surface area contributed by atoms with Crippen molar-refractivity contribution in [2.75, 3.05) is 19.6 Å². The second kappa shape index (κ2) is 37.4. The summed E-state index contributed by atoms with van der Waals surface area (Å²) in [5.41, 5.74) is 42.4. The van der Waals surface area contributed by atoms with Crippen LogP contribution < -0.4 is 19.6 Å². The third-order valence-electron chi connectivity index (χ3n) is 32.6. The zero-order valence-electron chi connectivity index (χ0n) is 81.1. The maximum atomic E-state index is 6.37. The molecule has 8 aliphatic rings. The van der Waals surface area contributed by atoms with Crippen LogP contribution >= 0.6 is 0 Å². The number of fused-ring (bicyclic) bond motifs is 3. The van der Waals surface area contributed by atoms with E-state index >= 15 is 0 Å². The van der Waals surface area contributed by atoms with Gasteiger partial charge in [0.25, 0.3) is 0 Å². The van der Waals surface area contributed by atoms with E-state index in [1.165, 1.54) is 183 Å². The van der Waals surface area contributed by atoms with Crippen LogP contribution in [0.4, 0.5) is 68.2 Å². The molecule has 0 radical (unpaired) electrons. The zero-order valence-corrected chi connectivity index (χ0v) is 81.1. The van der Waals surface area contributed by atoms with Crippen LogP contribution in [0, 0.1) is 56.3 Å². The summed E-state index contributed by atoms with van der Waals surface area (Å²) in [6.07, 6.45) is 17.4. The maximum Gasteiger partial charge on any atom is 0.137 e. The predicted octanol–water partition coefficient (Wildman–Crippen LogP) is 38.3. The van der Waals surface area contributed by atoms with Gasteiger partial charge in [0, 0.05) is 85.1 Å². The first-order valence-electron chi connectivity index (χ1n) is 51.5. The van der Waals surface area contributed by atoms with Crippen molar-refractivity contribution in [3.63, 3.8) is 0 Å². The molecule has 0 aliphatic heterocycles. The Morgan fingerprint density at radius 1 is 0.183 bits per heavy atom. The van der Waals surface area contributed by atoms with E-state index in [9.17, 15) is 0 Å². The number of nitrogens with zero attached hydrogens (tertiary/aromatic N) is 4. The molecule has 8 aliphatic carbocycles. The van der Waals surface area contributed by atoms with Gasteiger partial charge >= 0.3 is 0 Å². The van der Waals surface area contributed by atoms with Gasteiger partial charge in [0.2, 0.25) is 0 Å². The summed E-state index contributed by atoms with van der Waals surface area (Å²) in [5, 5.41) is 2.26. The van der Waals surface area contributed by atoms with Crippen molar-refractivity contribution in [3.8, 4) is 89.0 Å². The second-order valence-electron chi connectivity index (χ2n) is 41.8. The number of benzene rings is 19. The lowest BCUT2D eigenvalue weighted by Gasteiger charge is -2.57. The number of hydrogen-bond acceptors (Lipinski definition) is 5. The SMILES string of the molecule is Cc1ccc(N(c2ccc3c(c2)oc2ccccc23)c2ccc(-c3ccc(-c4ccc(N(c5ccc(-c6ccccc6)cc5)c5ccc(-c6ccc(C78CC9CC(CC(C9)C7)C8)cc6)cc5)c(C)c4)cc3)cc2C)cc1.c1ccc(-c2ccc(N(c3ccc(-c4ccc(-c5ccc(C67CC8CC(CC(C8)C6)C7)cc5)cc4)cc3)c3ccc(-c4ccc(N(c5ccccc5)c5ccccc5)cc4)cc3)cc2)cc1. The molecule has 690 valence electrons. The Bertz CT molecular complexity index is 7770. The van der Waals surface area contributed by atoms with Gasteiger partial charge in [-0.15, -0.1) is 0 Å². The molecule has 0 unspecified atom stereocenters. The molecule has 8 bridgehead atoms. The molecule has 1 heterocycles. The molecule has 5 heteroatoms. The number of furan rings is 1. The summed E-state index contributed by atoms with van der Waals surface area (Å²) in [7, 11) is 0. The van der Waals surface area contributed by atoms with Gasteiger partial charge in [-0.3, -0.25) is 0 Å². The van der Waals surface area contributed by atoms with Crippen LogP contribution in [0.2, 0.25) is 0 Å². The number of hydrogen-bond donors (Lipinski definition) is 0. The Morgan fingerprint density at radius 3 is 0.725 bits per heavy atom. The minimum Gasteiger partial charge on any atom is -0.456 e. The predicted molar refractivity (Wildman–Crippen MR) is 596 cm³/mol. The molecule has 20 aromatic rings. The summed E-state index contributed by atoms with van der Waals surface area (Å²) >= 11 is 0. The van der Waals surface area contributed by atoms with Crippen molar-refractivity contribution < 1.29 is 4.42 Å². The first-order chi connectivity index (χ1) is 69.9. The Kier molecular flexibility index (Phi) is 23.1. The molecule has 8 saturated carbocycles. The van der Waals surface area contributed by atoms with Gasteiger partial charge in [0.15, 0.2) is 0 Å². The number of aryl methyl sites for hydroxylation is 3. The molecule has 0 amide bonds. The van der Waals surface area contributed by atoms with E-state index in [2.05, 4.69) is 495 Å². The van der Waals surface area contributed by atoms with E-state index in [4.69, 9.17) is 4.42 Å². The normalized spacial score (nSPS) is 19.0. The molecule has 142 heavy (non-hydrogen) atoms. The van der Waals surface area contributed by atoms with E-state index in [1.807, 2.05) is 12.1 Å². The molecule has 28 rings (SSSR count). The molecule has 8 fully saturated rings. The quantitative estimate of drug-likeness (QED) is 0.0674. The molecule has 1 aromatic heterocycles. The Morgan fingerprint density at radius 2 is 0.408 bits per heavy atom. The summed E-state index contributed by atoms with van der Waals surface area (Å²) in [6.45, 7) is 6.60. The highest BCUT2D eigenvalue weighted by Gasteiger charge is 2.53. The first kappa shape index (κ1) is 87.7. The van der Waals surface area contributed by atoms with Crippen molar-refractivity contribution >= 4 is 90.2 Å². The Hall–Kier alpha value is -15.8. The number of rotatable bonds is 22. The fourth-order valence-corrected chi connectivity index (χ4v) is 26.4. The largest absolute Gasteiger partial charge is 0.456 e. The van der Waals surface area contributed by atoms with Gasteiger partial charge in [-0.1, -0.05) is 315 Å². The second-order valence-corrected chi connectivity index (χ2v) is 41.8. The lowest BCUT2D eigenvalue weighted by atomic mass is 9.48. The van der Waals surface area contributed by atoms with Gasteiger partial charge in [0.05, 0.1) is 0 Å². The van der Waals surface area contributed by atoms with Crippen LogP contribution in [-0.4, -0.2) is 0 Å². The summed E-state index contributed by atoms with van der Waals surface area (Å²) in [5.74, 6) is 5.74. The minimum atomic E-state index is 0.416.